The lowest BCUT2D eigenvalue weighted by Gasteiger charge is -2.03. The van der Waals surface area contributed by atoms with Crippen molar-refractivity contribution in [2.45, 2.75) is 0 Å². The minimum Gasteiger partial charge on any atom is -0.472 e. The highest BCUT2D eigenvalue weighted by Gasteiger charge is 2.29. The smallest absolute Gasteiger partial charge is 0.296 e. The normalized spacial score (nSPS) is 13.8. The van der Waals surface area contributed by atoms with E-state index in [2.05, 4.69) is 5.32 Å². The van der Waals surface area contributed by atoms with Crippen molar-refractivity contribution < 1.29 is 14.0 Å². The molecule has 0 unspecified atom stereocenters. The Hall–Kier alpha value is -2.36. The molecule has 4 heteroatoms. The first-order valence-corrected chi connectivity index (χ1v) is 4.78. The molecule has 0 bridgehead atoms. The van der Waals surface area contributed by atoms with Gasteiger partial charge in [-0.05, 0) is 12.1 Å². The molecule has 0 radical (unpaired) electrons. The molecule has 0 saturated heterocycles. The number of hydrogen-bond acceptors (Lipinski definition) is 3. The molecular formula is C12H7NO3. The third kappa shape index (κ3) is 1.10. The van der Waals surface area contributed by atoms with Gasteiger partial charge in [0.1, 0.15) is 0 Å². The van der Waals surface area contributed by atoms with E-state index in [0.717, 1.165) is 11.1 Å². The second-order valence-electron chi connectivity index (χ2n) is 3.52. The first kappa shape index (κ1) is 8.91. The lowest BCUT2D eigenvalue weighted by molar-refractivity contribution is -0.112. The molecule has 0 spiro atoms. The zero-order valence-corrected chi connectivity index (χ0v) is 8.19. The van der Waals surface area contributed by atoms with E-state index >= 15 is 0 Å². The Kier molecular flexibility index (Phi) is 1.71. The van der Waals surface area contributed by atoms with Crippen molar-refractivity contribution in [3.63, 3.8) is 0 Å². The van der Waals surface area contributed by atoms with E-state index in [1.165, 1.54) is 0 Å². The number of carbonyl (C=O) groups is 2. The summed E-state index contributed by atoms with van der Waals surface area (Å²) >= 11 is 0. The van der Waals surface area contributed by atoms with Crippen LogP contribution in [0.2, 0.25) is 0 Å². The van der Waals surface area contributed by atoms with Gasteiger partial charge in [0, 0.05) is 11.1 Å². The van der Waals surface area contributed by atoms with Crippen molar-refractivity contribution in [3.8, 4) is 11.1 Å². The summed E-state index contributed by atoms with van der Waals surface area (Å²) in [7, 11) is 0. The second-order valence-corrected chi connectivity index (χ2v) is 3.52. The maximum atomic E-state index is 11.5. The predicted octanol–water partition coefficient (Wildman–Crippen LogP) is 2.08. The van der Waals surface area contributed by atoms with Gasteiger partial charge in [-0.25, -0.2) is 0 Å². The summed E-state index contributed by atoms with van der Waals surface area (Å²) in [6.45, 7) is 0. The van der Waals surface area contributed by atoms with Gasteiger partial charge >= 0.3 is 0 Å². The van der Waals surface area contributed by atoms with Crippen LogP contribution in [0.5, 0.6) is 0 Å². The molecule has 78 valence electrons. The zero-order chi connectivity index (χ0) is 11.1. The molecule has 1 aromatic carbocycles. The van der Waals surface area contributed by atoms with E-state index < -0.39 is 11.7 Å². The van der Waals surface area contributed by atoms with Crippen LogP contribution < -0.4 is 5.32 Å². The lowest BCUT2D eigenvalue weighted by Crippen LogP contribution is -2.12. The fraction of sp³-hybridized carbons (Fsp3) is 0. The summed E-state index contributed by atoms with van der Waals surface area (Å²) in [5.41, 5.74) is 2.62. The first-order chi connectivity index (χ1) is 7.77. The third-order valence-electron chi connectivity index (χ3n) is 2.59. The van der Waals surface area contributed by atoms with Crippen LogP contribution in [-0.2, 0) is 4.79 Å². The number of benzene rings is 1. The van der Waals surface area contributed by atoms with Gasteiger partial charge < -0.3 is 9.73 Å². The topological polar surface area (TPSA) is 59.3 Å². The highest BCUT2D eigenvalue weighted by molar-refractivity contribution is 6.52. The SMILES string of the molecule is O=C1Nc2c(cccc2-c2ccoc2)C1=O. The summed E-state index contributed by atoms with van der Waals surface area (Å²) in [6.07, 6.45) is 3.12. The Morgan fingerprint density at radius 3 is 2.62 bits per heavy atom. The van der Waals surface area contributed by atoms with E-state index in [0.29, 0.717) is 11.3 Å². The number of nitrogens with one attached hydrogen (secondary N) is 1. The molecule has 1 aliphatic heterocycles. The number of carbonyl (C=O) groups excluding carboxylic acids is 2. The number of para-hydroxylation sites is 1. The van der Waals surface area contributed by atoms with Crippen LogP contribution in [-0.4, -0.2) is 11.7 Å². The number of Topliss-reactive ketones (excluding diaryl/α,β-unsaturated/α-hetero) is 1. The summed E-state index contributed by atoms with van der Waals surface area (Å²) in [6, 6.07) is 7.01. The monoisotopic (exact) mass is 213 g/mol. The molecule has 3 rings (SSSR count). The molecule has 2 heterocycles. The van der Waals surface area contributed by atoms with Gasteiger partial charge in [-0.3, -0.25) is 9.59 Å². The molecule has 0 aliphatic carbocycles. The molecular weight excluding hydrogens is 206 g/mol. The molecule has 1 aromatic heterocycles. The van der Waals surface area contributed by atoms with E-state index in [1.54, 1.807) is 30.7 Å². The number of rotatable bonds is 1. The van der Waals surface area contributed by atoms with Gasteiger partial charge in [-0.15, -0.1) is 0 Å². The molecule has 16 heavy (non-hydrogen) atoms. The Morgan fingerprint density at radius 2 is 1.88 bits per heavy atom. The average molecular weight is 213 g/mol. The molecule has 0 atom stereocenters. The summed E-state index contributed by atoms with van der Waals surface area (Å²) in [4.78, 5) is 22.8. The molecule has 1 aliphatic rings. The Bertz CT molecular complexity index is 584. The Labute approximate surface area is 90.9 Å². The van der Waals surface area contributed by atoms with Crippen LogP contribution in [0.4, 0.5) is 5.69 Å². The lowest BCUT2D eigenvalue weighted by atomic mass is 10.0. The zero-order valence-electron chi connectivity index (χ0n) is 8.19. The molecule has 0 fully saturated rings. The van der Waals surface area contributed by atoms with Gasteiger partial charge in [0.2, 0.25) is 0 Å². The van der Waals surface area contributed by atoms with Crippen molar-refractivity contribution >= 4 is 17.4 Å². The summed E-state index contributed by atoms with van der Waals surface area (Å²) in [5.74, 6) is -1.06. The van der Waals surface area contributed by atoms with Gasteiger partial charge in [0.05, 0.1) is 23.8 Å². The van der Waals surface area contributed by atoms with E-state index in [1.807, 2.05) is 6.07 Å². The highest BCUT2D eigenvalue weighted by Crippen LogP contribution is 2.34. The molecule has 2 aromatic rings. The van der Waals surface area contributed by atoms with Crippen molar-refractivity contribution in [1.29, 1.82) is 0 Å². The molecule has 0 saturated carbocycles. The molecule has 4 nitrogen and oxygen atoms in total. The fourth-order valence-electron chi connectivity index (χ4n) is 1.83. The second kappa shape index (κ2) is 3.06. The van der Waals surface area contributed by atoms with E-state index in [9.17, 15) is 9.59 Å². The standard InChI is InChI=1S/C12H7NO3/c14-11-9-3-1-2-8(7-4-5-16-6-7)10(9)13-12(11)15/h1-6H,(H,13,14,15). The van der Waals surface area contributed by atoms with Crippen molar-refractivity contribution in [1.82, 2.24) is 0 Å². The van der Waals surface area contributed by atoms with E-state index in [4.69, 9.17) is 4.42 Å². The number of amides is 1. The van der Waals surface area contributed by atoms with Crippen molar-refractivity contribution in [2.75, 3.05) is 5.32 Å². The largest absolute Gasteiger partial charge is 0.472 e. The van der Waals surface area contributed by atoms with E-state index in [-0.39, 0.29) is 0 Å². The maximum Gasteiger partial charge on any atom is 0.296 e. The van der Waals surface area contributed by atoms with Crippen molar-refractivity contribution in [3.05, 3.63) is 42.4 Å². The Morgan fingerprint density at radius 1 is 1.06 bits per heavy atom. The van der Waals surface area contributed by atoms with Crippen LogP contribution in [0.25, 0.3) is 11.1 Å². The van der Waals surface area contributed by atoms with Crippen LogP contribution in [0.3, 0.4) is 0 Å². The van der Waals surface area contributed by atoms with Gasteiger partial charge in [-0.2, -0.15) is 0 Å². The van der Waals surface area contributed by atoms with Crippen LogP contribution in [0, 0.1) is 0 Å². The predicted molar refractivity (Wildman–Crippen MR) is 57.1 cm³/mol. The fourth-order valence-corrected chi connectivity index (χ4v) is 1.83. The molecule has 1 amide bonds. The number of furan rings is 1. The molecule has 1 N–H and O–H groups in total. The summed E-state index contributed by atoms with van der Waals surface area (Å²) in [5, 5.41) is 2.57. The minimum absolute atomic E-state index is 0.420. The van der Waals surface area contributed by atoms with Crippen LogP contribution in [0.15, 0.2) is 41.2 Å². The van der Waals surface area contributed by atoms with Crippen LogP contribution >= 0.6 is 0 Å². The van der Waals surface area contributed by atoms with Gasteiger partial charge in [0.15, 0.2) is 0 Å². The van der Waals surface area contributed by atoms with Crippen molar-refractivity contribution in [2.24, 2.45) is 0 Å². The minimum atomic E-state index is -0.578. The number of fused-ring (bicyclic) bond motifs is 1. The highest BCUT2D eigenvalue weighted by atomic mass is 16.3. The number of hydrogen-bond donors (Lipinski definition) is 1. The van der Waals surface area contributed by atoms with Gasteiger partial charge in [0.25, 0.3) is 11.7 Å². The quantitative estimate of drug-likeness (QED) is 0.738. The maximum absolute atomic E-state index is 11.5. The summed E-state index contributed by atoms with van der Waals surface area (Å²) < 4.78 is 4.98. The van der Waals surface area contributed by atoms with Crippen LogP contribution in [0.1, 0.15) is 10.4 Å². The third-order valence-corrected chi connectivity index (χ3v) is 2.59. The first-order valence-electron chi connectivity index (χ1n) is 4.78. The van der Waals surface area contributed by atoms with Gasteiger partial charge in [-0.1, -0.05) is 12.1 Å². The number of anilines is 1. The average Bonchev–Trinajstić information content (AvgIpc) is 2.89. The number of ketones is 1. The Balaban J connectivity index is 2.24.